The molecule has 1 N–H and O–H groups in total. The van der Waals surface area contributed by atoms with E-state index in [1.54, 1.807) is 0 Å². The molecule has 0 aliphatic heterocycles. The summed E-state index contributed by atoms with van der Waals surface area (Å²) in [4.78, 5) is 6.13. The van der Waals surface area contributed by atoms with Crippen LogP contribution in [0, 0.1) is 13.8 Å². The van der Waals surface area contributed by atoms with E-state index in [1.165, 1.54) is 40.2 Å². The third-order valence-electron chi connectivity index (χ3n) is 3.22. The number of rotatable bonds is 2. The standard InChI is InChI=1S/C14H16N2S/c1-9-6-7-11(10(2)8-9)15-14-16-12-4-3-5-13(12)17-14/h6-8H,3-5H2,1-2H3,(H,15,16). The molecule has 0 saturated carbocycles. The molecule has 0 unspecified atom stereocenters. The van der Waals surface area contributed by atoms with Gasteiger partial charge < -0.3 is 5.32 Å². The minimum Gasteiger partial charge on any atom is -0.331 e. The summed E-state index contributed by atoms with van der Waals surface area (Å²) in [6.45, 7) is 4.26. The van der Waals surface area contributed by atoms with Gasteiger partial charge in [0.2, 0.25) is 0 Å². The van der Waals surface area contributed by atoms with Crippen LogP contribution in [0.25, 0.3) is 0 Å². The van der Waals surface area contributed by atoms with Crippen molar-refractivity contribution < 1.29 is 0 Å². The lowest BCUT2D eigenvalue weighted by Crippen LogP contribution is -1.93. The number of hydrogen-bond acceptors (Lipinski definition) is 3. The zero-order valence-electron chi connectivity index (χ0n) is 10.2. The van der Waals surface area contributed by atoms with Gasteiger partial charge in [0.05, 0.1) is 5.69 Å². The van der Waals surface area contributed by atoms with Crippen molar-refractivity contribution in [2.75, 3.05) is 5.32 Å². The van der Waals surface area contributed by atoms with E-state index in [1.807, 2.05) is 11.3 Å². The van der Waals surface area contributed by atoms with E-state index >= 15 is 0 Å². The van der Waals surface area contributed by atoms with E-state index in [0.717, 1.165) is 11.6 Å². The lowest BCUT2D eigenvalue weighted by molar-refractivity contribution is 0.900. The van der Waals surface area contributed by atoms with Crippen LogP contribution in [0.2, 0.25) is 0 Å². The first kappa shape index (κ1) is 10.8. The van der Waals surface area contributed by atoms with E-state index < -0.39 is 0 Å². The van der Waals surface area contributed by atoms with Crippen LogP contribution in [-0.4, -0.2) is 4.98 Å². The Morgan fingerprint density at radius 3 is 2.88 bits per heavy atom. The van der Waals surface area contributed by atoms with Crippen molar-refractivity contribution in [3.63, 3.8) is 0 Å². The zero-order valence-corrected chi connectivity index (χ0v) is 11.0. The minimum absolute atomic E-state index is 1.04. The maximum absolute atomic E-state index is 4.66. The topological polar surface area (TPSA) is 24.9 Å². The molecule has 2 nitrogen and oxygen atoms in total. The zero-order chi connectivity index (χ0) is 11.8. The van der Waals surface area contributed by atoms with Crippen molar-refractivity contribution >= 4 is 22.2 Å². The molecule has 3 heteroatoms. The molecule has 2 aromatic rings. The molecule has 0 saturated heterocycles. The lowest BCUT2D eigenvalue weighted by atomic mass is 10.1. The highest BCUT2D eigenvalue weighted by Gasteiger charge is 2.16. The predicted molar refractivity (Wildman–Crippen MR) is 73.3 cm³/mol. The monoisotopic (exact) mass is 244 g/mol. The Balaban J connectivity index is 1.86. The molecule has 1 aliphatic carbocycles. The van der Waals surface area contributed by atoms with Gasteiger partial charge in [0.15, 0.2) is 5.13 Å². The van der Waals surface area contributed by atoms with E-state index in [0.29, 0.717) is 0 Å². The van der Waals surface area contributed by atoms with Crippen molar-refractivity contribution in [3.8, 4) is 0 Å². The molecule has 0 spiro atoms. The maximum Gasteiger partial charge on any atom is 0.187 e. The number of fused-ring (bicyclic) bond motifs is 1. The third-order valence-corrected chi connectivity index (χ3v) is 4.29. The summed E-state index contributed by atoms with van der Waals surface area (Å²) in [5.74, 6) is 0. The first-order valence-corrected chi connectivity index (χ1v) is 6.87. The molecule has 0 atom stereocenters. The molecule has 0 fully saturated rings. The van der Waals surface area contributed by atoms with Crippen LogP contribution in [0.4, 0.5) is 10.8 Å². The lowest BCUT2D eigenvalue weighted by Gasteiger charge is -2.07. The van der Waals surface area contributed by atoms with Gasteiger partial charge in [-0.15, -0.1) is 11.3 Å². The number of nitrogens with one attached hydrogen (secondary N) is 1. The SMILES string of the molecule is Cc1ccc(Nc2nc3c(s2)CCC3)c(C)c1. The molecule has 0 bridgehead atoms. The number of nitrogens with zero attached hydrogens (tertiary/aromatic N) is 1. The van der Waals surface area contributed by atoms with Crippen molar-refractivity contribution in [3.05, 3.63) is 39.9 Å². The molecular weight excluding hydrogens is 228 g/mol. The Morgan fingerprint density at radius 2 is 2.12 bits per heavy atom. The first-order chi connectivity index (χ1) is 8.22. The highest BCUT2D eigenvalue weighted by atomic mass is 32.1. The van der Waals surface area contributed by atoms with Crippen LogP contribution >= 0.6 is 11.3 Å². The van der Waals surface area contributed by atoms with Crippen LogP contribution in [-0.2, 0) is 12.8 Å². The average molecular weight is 244 g/mol. The third kappa shape index (κ3) is 2.07. The van der Waals surface area contributed by atoms with Gasteiger partial charge in [0.25, 0.3) is 0 Å². The smallest absolute Gasteiger partial charge is 0.187 e. The predicted octanol–water partition coefficient (Wildman–Crippen LogP) is 3.99. The Bertz CT molecular complexity index is 536. The van der Waals surface area contributed by atoms with Crippen LogP contribution < -0.4 is 5.32 Å². The van der Waals surface area contributed by atoms with Gasteiger partial charge in [-0.1, -0.05) is 17.7 Å². The van der Waals surface area contributed by atoms with Crippen molar-refractivity contribution in [2.45, 2.75) is 33.1 Å². The summed E-state index contributed by atoms with van der Waals surface area (Å²) in [6, 6.07) is 6.47. The van der Waals surface area contributed by atoms with Crippen molar-refractivity contribution in [1.29, 1.82) is 0 Å². The van der Waals surface area contributed by atoms with Gasteiger partial charge in [-0.25, -0.2) is 4.98 Å². The Morgan fingerprint density at radius 1 is 1.24 bits per heavy atom. The fourth-order valence-corrected chi connectivity index (χ4v) is 3.38. The minimum atomic E-state index is 1.04. The maximum atomic E-state index is 4.66. The summed E-state index contributed by atoms with van der Waals surface area (Å²) in [5, 5.41) is 4.48. The summed E-state index contributed by atoms with van der Waals surface area (Å²) in [6.07, 6.45) is 3.64. The van der Waals surface area contributed by atoms with Crippen LogP contribution in [0.15, 0.2) is 18.2 Å². The van der Waals surface area contributed by atoms with Crippen molar-refractivity contribution in [2.24, 2.45) is 0 Å². The highest BCUT2D eigenvalue weighted by Crippen LogP contribution is 2.32. The average Bonchev–Trinajstić information content (AvgIpc) is 2.82. The summed E-state index contributed by atoms with van der Waals surface area (Å²) < 4.78 is 0. The molecule has 17 heavy (non-hydrogen) atoms. The summed E-state index contributed by atoms with van der Waals surface area (Å²) in [5.41, 5.74) is 5.06. The van der Waals surface area contributed by atoms with Gasteiger partial charge in [0, 0.05) is 10.6 Å². The van der Waals surface area contributed by atoms with Gasteiger partial charge in [-0.2, -0.15) is 0 Å². The number of aryl methyl sites for hydroxylation is 4. The molecule has 1 aliphatic rings. The number of anilines is 2. The van der Waals surface area contributed by atoms with Gasteiger partial charge >= 0.3 is 0 Å². The van der Waals surface area contributed by atoms with E-state index in [9.17, 15) is 0 Å². The molecular formula is C14H16N2S. The van der Waals surface area contributed by atoms with Crippen LogP contribution in [0.3, 0.4) is 0 Å². The van der Waals surface area contributed by atoms with Gasteiger partial charge in [0.1, 0.15) is 0 Å². The first-order valence-electron chi connectivity index (χ1n) is 6.05. The second kappa shape index (κ2) is 4.15. The number of benzene rings is 1. The Hall–Kier alpha value is -1.35. The Kier molecular flexibility index (Phi) is 2.63. The van der Waals surface area contributed by atoms with Gasteiger partial charge in [-0.05, 0) is 44.7 Å². The molecule has 88 valence electrons. The Labute approximate surface area is 106 Å². The quantitative estimate of drug-likeness (QED) is 0.864. The fourth-order valence-electron chi connectivity index (χ4n) is 2.31. The highest BCUT2D eigenvalue weighted by molar-refractivity contribution is 7.15. The second-order valence-corrected chi connectivity index (χ2v) is 5.77. The van der Waals surface area contributed by atoms with Crippen LogP contribution in [0.1, 0.15) is 28.1 Å². The van der Waals surface area contributed by atoms with Gasteiger partial charge in [-0.3, -0.25) is 0 Å². The van der Waals surface area contributed by atoms with E-state index in [-0.39, 0.29) is 0 Å². The molecule has 3 rings (SSSR count). The van der Waals surface area contributed by atoms with Crippen LogP contribution in [0.5, 0.6) is 0 Å². The number of thiazole rings is 1. The van der Waals surface area contributed by atoms with E-state index in [4.69, 9.17) is 0 Å². The summed E-state index contributed by atoms with van der Waals surface area (Å²) in [7, 11) is 0. The molecule has 1 aromatic heterocycles. The molecule has 1 aromatic carbocycles. The summed E-state index contributed by atoms with van der Waals surface area (Å²) >= 11 is 1.81. The normalized spacial score (nSPS) is 13.8. The van der Waals surface area contributed by atoms with E-state index in [2.05, 4.69) is 42.3 Å². The van der Waals surface area contributed by atoms with Crippen molar-refractivity contribution in [1.82, 2.24) is 4.98 Å². The number of hydrogen-bond donors (Lipinski definition) is 1. The second-order valence-electron chi connectivity index (χ2n) is 4.69. The largest absolute Gasteiger partial charge is 0.331 e. The molecule has 0 amide bonds. The fraction of sp³-hybridized carbons (Fsp3) is 0.357. The molecule has 0 radical (unpaired) electrons. The molecule has 1 heterocycles. The number of aromatic nitrogens is 1.